The van der Waals surface area contributed by atoms with Gasteiger partial charge < -0.3 is 20.6 Å². The lowest BCUT2D eigenvalue weighted by Crippen LogP contribution is -2.49. The first-order chi connectivity index (χ1) is 18.3. The van der Waals surface area contributed by atoms with Crippen LogP contribution in [0.4, 0.5) is 14.5 Å². The number of aliphatic hydroxyl groups excluding tert-OH is 1. The molecule has 0 saturated carbocycles. The molecule has 38 heavy (non-hydrogen) atoms. The van der Waals surface area contributed by atoms with E-state index in [4.69, 9.17) is 0 Å². The third-order valence-corrected chi connectivity index (χ3v) is 7.12. The molecule has 3 aromatic rings. The van der Waals surface area contributed by atoms with Crippen LogP contribution in [0.15, 0.2) is 66.7 Å². The predicted octanol–water partition coefficient (Wildman–Crippen LogP) is 4.12. The van der Waals surface area contributed by atoms with Crippen molar-refractivity contribution in [1.29, 1.82) is 0 Å². The fraction of sp³-hybridized carbons (Fsp3) is 0.310. The Morgan fingerprint density at radius 2 is 1.74 bits per heavy atom. The van der Waals surface area contributed by atoms with Gasteiger partial charge in [0.15, 0.2) is 0 Å². The number of anilines is 1. The quantitative estimate of drug-likeness (QED) is 0.278. The van der Waals surface area contributed by atoms with Crippen molar-refractivity contribution in [3.05, 3.63) is 98.6 Å². The Kier molecular flexibility index (Phi) is 9.81. The van der Waals surface area contributed by atoms with Crippen LogP contribution in [-0.4, -0.2) is 42.2 Å². The van der Waals surface area contributed by atoms with E-state index in [-0.39, 0.29) is 31.2 Å². The monoisotopic (exact) mass is 633 g/mol. The van der Waals surface area contributed by atoms with Crippen molar-refractivity contribution in [2.75, 3.05) is 18.0 Å². The van der Waals surface area contributed by atoms with Crippen LogP contribution in [0.25, 0.3) is 0 Å². The summed E-state index contributed by atoms with van der Waals surface area (Å²) in [5.74, 6) is -1.66. The molecule has 1 saturated heterocycles. The number of nitrogens with zero attached hydrogens (tertiary/aromatic N) is 1. The molecule has 6 nitrogen and oxygen atoms in total. The van der Waals surface area contributed by atoms with Gasteiger partial charge in [0.2, 0.25) is 11.8 Å². The number of amides is 2. The van der Waals surface area contributed by atoms with Crippen LogP contribution in [0.1, 0.15) is 29.5 Å². The van der Waals surface area contributed by atoms with E-state index in [1.165, 1.54) is 12.1 Å². The highest BCUT2D eigenvalue weighted by atomic mass is 127. The SMILES string of the molecule is O=C(Cc1ccc(N2CCCC2=O)cc1)N[C@@H](Cc1cc(F)cc(F)c1)[C@@H](O)CNCc1cccc(I)c1. The van der Waals surface area contributed by atoms with Crippen molar-refractivity contribution in [3.8, 4) is 0 Å². The standard InChI is InChI=1S/C29H30F2IN3O3/c30-22-11-21(12-23(31)16-22)14-26(27(36)18-33-17-20-3-1-4-24(32)13-20)34-28(37)15-19-6-8-25(9-7-19)35-10-2-5-29(35)38/h1,3-4,6-9,11-13,16,26-27,33,36H,2,5,10,14-15,17-18H2,(H,34,37)/t26-,27-/m0/s1. The van der Waals surface area contributed by atoms with Gasteiger partial charge in [0, 0.05) is 41.4 Å². The molecule has 1 aliphatic heterocycles. The van der Waals surface area contributed by atoms with E-state index >= 15 is 0 Å². The molecule has 0 spiro atoms. The van der Waals surface area contributed by atoms with Gasteiger partial charge in [0.05, 0.1) is 18.6 Å². The molecule has 9 heteroatoms. The first kappa shape index (κ1) is 28.1. The van der Waals surface area contributed by atoms with Gasteiger partial charge in [0.25, 0.3) is 0 Å². The first-order valence-electron chi connectivity index (χ1n) is 12.5. The second-order valence-electron chi connectivity index (χ2n) is 9.48. The summed E-state index contributed by atoms with van der Waals surface area (Å²) in [5, 5.41) is 17.0. The van der Waals surface area contributed by atoms with Crippen LogP contribution in [-0.2, 0) is 29.0 Å². The molecule has 0 radical (unpaired) electrons. The van der Waals surface area contributed by atoms with Crippen LogP contribution in [0.3, 0.4) is 0 Å². The highest BCUT2D eigenvalue weighted by Crippen LogP contribution is 2.22. The minimum absolute atomic E-state index is 0.0580. The molecule has 3 N–H and O–H groups in total. The molecule has 3 aromatic carbocycles. The maximum absolute atomic E-state index is 13.8. The summed E-state index contributed by atoms with van der Waals surface area (Å²) >= 11 is 2.23. The lowest BCUT2D eigenvalue weighted by molar-refractivity contribution is -0.122. The molecule has 0 aromatic heterocycles. The Bertz CT molecular complexity index is 1250. The number of benzene rings is 3. The van der Waals surface area contributed by atoms with Gasteiger partial charge in [-0.25, -0.2) is 8.78 Å². The number of nitrogens with one attached hydrogen (secondary N) is 2. The third kappa shape index (κ3) is 8.05. The molecule has 0 bridgehead atoms. The van der Waals surface area contributed by atoms with Gasteiger partial charge in [-0.1, -0.05) is 24.3 Å². The van der Waals surface area contributed by atoms with Crippen LogP contribution < -0.4 is 15.5 Å². The third-order valence-electron chi connectivity index (χ3n) is 6.45. The summed E-state index contributed by atoms with van der Waals surface area (Å²) in [6.45, 7) is 1.39. The second-order valence-corrected chi connectivity index (χ2v) is 10.7. The number of carbonyl (C=O) groups is 2. The molecular weight excluding hydrogens is 603 g/mol. The Balaban J connectivity index is 1.39. The molecule has 200 valence electrons. The van der Waals surface area contributed by atoms with Crippen LogP contribution in [0.5, 0.6) is 0 Å². The average Bonchev–Trinajstić information content (AvgIpc) is 3.29. The molecule has 0 aliphatic carbocycles. The number of aliphatic hydroxyl groups is 1. The van der Waals surface area contributed by atoms with E-state index < -0.39 is 23.8 Å². The van der Waals surface area contributed by atoms with Gasteiger partial charge in [0.1, 0.15) is 11.6 Å². The zero-order valence-corrected chi connectivity index (χ0v) is 23.0. The Hall–Kier alpha value is -2.89. The number of hydrogen-bond donors (Lipinski definition) is 3. The van der Waals surface area contributed by atoms with Gasteiger partial charge >= 0.3 is 0 Å². The van der Waals surface area contributed by atoms with Crippen molar-refractivity contribution in [3.63, 3.8) is 0 Å². The number of halogens is 3. The van der Waals surface area contributed by atoms with Crippen molar-refractivity contribution in [2.24, 2.45) is 0 Å². The summed E-state index contributed by atoms with van der Waals surface area (Å²) in [4.78, 5) is 26.6. The van der Waals surface area contributed by atoms with E-state index in [0.717, 1.165) is 32.9 Å². The first-order valence-corrected chi connectivity index (χ1v) is 13.6. The molecule has 1 aliphatic rings. The molecule has 1 fully saturated rings. The minimum atomic E-state index is -1.00. The fourth-order valence-corrected chi connectivity index (χ4v) is 5.19. The van der Waals surface area contributed by atoms with Crippen molar-refractivity contribution >= 4 is 40.1 Å². The van der Waals surface area contributed by atoms with Crippen LogP contribution in [0, 0.1) is 15.2 Å². The number of carbonyl (C=O) groups excluding carboxylic acids is 2. The van der Waals surface area contributed by atoms with Crippen molar-refractivity contribution < 1.29 is 23.5 Å². The smallest absolute Gasteiger partial charge is 0.227 e. The average molecular weight is 633 g/mol. The fourth-order valence-electron chi connectivity index (χ4n) is 4.58. The number of rotatable bonds is 11. The van der Waals surface area contributed by atoms with Gasteiger partial charge in [-0.3, -0.25) is 9.59 Å². The molecule has 0 unspecified atom stereocenters. The highest BCUT2D eigenvalue weighted by Gasteiger charge is 2.24. The molecule has 1 heterocycles. The lowest BCUT2D eigenvalue weighted by atomic mass is 10.00. The van der Waals surface area contributed by atoms with Crippen LogP contribution in [0.2, 0.25) is 0 Å². The van der Waals surface area contributed by atoms with E-state index in [0.29, 0.717) is 25.1 Å². The lowest BCUT2D eigenvalue weighted by Gasteiger charge is -2.25. The summed E-state index contributed by atoms with van der Waals surface area (Å²) < 4.78 is 28.7. The normalized spacial score (nSPS) is 14.9. The van der Waals surface area contributed by atoms with E-state index in [9.17, 15) is 23.5 Å². The van der Waals surface area contributed by atoms with E-state index in [2.05, 4.69) is 33.2 Å². The number of hydrogen-bond acceptors (Lipinski definition) is 4. The topological polar surface area (TPSA) is 81.7 Å². The Morgan fingerprint density at radius 3 is 2.39 bits per heavy atom. The molecule has 2 atom stereocenters. The molecule has 4 rings (SSSR count). The zero-order valence-electron chi connectivity index (χ0n) is 20.8. The summed E-state index contributed by atoms with van der Waals surface area (Å²) in [7, 11) is 0. The zero-order chi connectivity index (χ0) is 27.1. The second kappa shape index (κ2) is 13.3. The molecular formula is C29H30F2IN3O3. The highest BCUT2D eigenvalue weighted by molar-refractivity contribution is 14.1. The summed E-state index contributed by atoms with van der Waals surface area (Å²) in [6, 6.07) is 17.6. The van der Waals surface area contributed by atoms with Gasteiger partial charge in [-0.05, 0) is 88.5 Å². The van der Waals surface area contributed by atoms with Gasteiger partial charge in [-0.2, -0.15) is 0 Å². The summed E-state index contributed by atoms with van der Waals surface area (Å²) in [6.07, 6.45) is 0.494. The Labute approximate surface area is 234 Å². The Morgan fingerprint density at radius 1 is 1.00 bits per heavy atom. The van der Waals surface area contributed by atoms with E-state index in [1.54, 1.807) is 17.0 Å². The van der Waals surface area contributed by atoms with Gasteiger partial charge in [-0.15, -0.1) is 0 Å². The van der Waals surface area contributed by atoms with Crippen molar-refractivity contribution in [1.82, 2.24) is 10.6 Å². The van der Waals surface area contributed by atoms with E-state index in [1.807, 2.05) is 36.4 Å². The minimum Gasteiger partial charge on any atom is -0.390 e. The van der Waals surface area contributed by atoms with Crippen LogP contribution >= 0.6 is 22.6 Å². The van der Waals surface area contributed by atoms with Crippen molar-refractivity contribution in [2.45, 2.75) is 44.4 Å². The molecule has 2 amide bonds. The largest absolute Gasteiger partial charge is 0.390 e. The maximum Gasteiger partial charge on any atom is 0.227 e. The maximum atomic E-state index is 13.8. The predicted molar refractivity (Wildman–Crippen MR) is 151 cm³/mol. The summed E-state index contributed by atoms with van der Waals surface area (Å²) in [5.41, 5.74) is 2.94.